The topological polar surface area (TPSA) is 37.3 Å². The average Bonchev–Trinajstić information content (AvgIpc) is 1.66. The van der Waals surface area contributed by atoms with Gasteiger partial charge in [0.2, 0.25) is 0 Å². The van der Waals surface area contributed by atoms with Gasteiger partial charge in [-0.25, -0.2) is 0 Å². The standard InChI is InChI=1S/C2H5B3.C2H4O2.Ru/c1-2-4-5-3;1-2(3)4;/h2H2,1H3;1H3,(H,3,4);. The van der Waals surface area contributed by atoms with Crippen LogP contribution in [0, 0.1) is 0 Å². The van der Waals surface area contributed by atoms with Gasteiger partial charge in [0.05, 0.1) is 7.17 Å². The Morgan fingerprint density at radius 3 is 2.00 bits per heavy atom. The monoisotopic (exact) mass is 224 g/mol. The van der Waals surface area contributed by atoms with Crippen molar-refractivity contribution >= 4 is 27.9 Å². The molecule has 0 heterocycles. The van der Waals surface area contributed by atoms with Crippen molar-refractivity contribution in [2.75, 3.05) is 0 Å². The van der Waals surface area contributed by atoms with Gasteiger partial charge >= 0.3 is 0 Å². The van der Waals surface area contributed by atoms with Crippen LogP contribution < -0.4 is 0 Å². The molecule has 10 heavy (non-hydrogen) atoms. The first-order valence-corrected chi connectivity index (χ1v) is 2.71. The van der Waals surface area contributed by atoms with Crippen molar-refractivity contribution in [3.8, 4) is 0 Å². The number of carbonyl (C=O) groups is 1. The van der Waals surface area contributed by atoms with E-state index in [2.05, 4.69) is 0 Å². The molecule has 0 saturated heterocycles. The van der Waals surface area contributed by atoms with Crippen molar-refractivity contribution in [2.45, 2.75) is 20.2 Å². The summed E-state index contributed by atoms with van der Waals surface area (Å²) in [6.07, 6.45) is 1.04. The molecule has 2 nitrogen and oxygen atoms in total. The molecule has 0 rings (SSSR count). The van der Waals surface area contributed by atoms with Gasteiger partial charge in [-0.15, -0.1) is 0 Å². The fourth-order valence-electron chi connectivity index (χ4n) is 0.136. The Morgan fingerprint density at radius 2 is 2.00 bits per heavy atom. The Hall–Kier alpha value is 0.288. The first kappa shape index (κ1) is 16.7. The van der Waals surface area contributed by atoms with E-state index in [1.54, 1.807) is 7.06 Å². The van der Waals surface area contributed by atoms with E-state index in [1.807, 2.05) is 14.1 Å². The first-order chi connectivity index (χ1) is 4.15. The minimum Gasteiger partial charge on any atom is -0.481 e. The Labute approximate surface area is 77.8 Å². The third kappa shape index (κ3) is 84.1. The molecule has 0 aromatic carbocycles. The zero-order chi connectivity index (χ0) is 7.70. The van der Waals surface area contributed by atoms with Crippen LogP contribution in [-0.4, -0.2) is 33.0 Å². The molecular weight excluding hydrogens is 214 g/mol. The summed E-state index contributed by atoms with van der Waals surface area (Å²) in [6, 6.07) is 0. The summed E-state index contributed by atoms with van der Waals surface area (Å²) in [7, 11) is 8.42. The quantitative estimate of drug-likeness (QED) is 0.664. The molecule has 4 radical (unpaired) electrons. The molecule has 0 atom stereocenters. The number of aliphatic carboxylic acids is 1. The second-order valence-corrected chi connectivity index (χ2v) is 1.36. The molecule has 1 N–H and O–H groups in total. The molecule has 0 bridgehead atoms. The van der Waals surface area contributed by atoms with Gasteiger partial charge in [0, 0.05) is 41.2 Å². The maximum atomic E-state index is 9.00. The first-order valence-electron chi connectivity index (χ1n) is 2.71. The van der Waals surface area contributed by atoms with Crippen LogP contribution in [0.4, 0.5) is 0 Å². The van der Waals surface area contributed by atoms with Crippen LogP contribution in [0.3, 0.4) is 0 Å². The van der Waals surface area contributed by atoms with Crippen LogP contribution in [-0.2, 0) is 24.3 Å². The van der Waals surface area contributed by atoms with Crippen LogP contribution >= 0.6 is 0 Å². The minimum absolute atomic E-state index is 0. The molecule has 54 valence electrons. The second kappa shape index (κ2) is 16.1. The van der Waals surface area contributed by atoms with Crippen molar-refractivity contribution in [2.24, 2.45) is 0 Å². The summed E-state index contributed by atoms with van der Waals surface area (Å²) in [5, 5.41) is 7.42. The van der Waals surface area contributed by atoms with Crippen LogP contribution in [0.15, 0.2) is 0 Å². The average molecular weight is 223 g/mol. The van der Waals surface area contributed by atoms with Gasteiger partial charge in [0.1, 0.15) is 0 Å². The van der Waals surface area contributed by atoms with Crippen LogP contribution in [0.25, 0.3) is 0 Å². The van der Waals surface area contributed by atoms with Crippen LogP contribution in [0.5, 0.6) is 0 Å². The predicted octanol–water partition coefficient (Wildman–Crippen LogP) is -0.0801. The normalized spacial score (nSPS) is 5.80. The van der Waals surface area contributed by atoms with Gasteiger partial charge in [-0.3, -0.25) is 4.79 Å². The van der Waals surface area contributed by atoms with Gasteiger partial charge in [-0.1, -0.05) is 13.2 Å². The second-order valence-electron chi connectivity index (χ2n) is 1.36. The van der Waals surface area contributed by atoms with E-state index in [1.165, 1.54) is 0 Å². The Bertz CT molecular complexity index is 65.5. The number of rotatable bonds is 2. The predicted molar refractivity (Wildman–Crippen MR) is 41.1 cm³/mol. The van der Waals surface area contributed by atoms with Gasteiger partial charge in [-0.2, -0.15) is 0 Å². The third-order valence-corrected chi connectivity index (χ3v) is 0.372. The van der Waals surface area contributed by atoms with Crippen molar-refractivity contribution in [1.29, 1.82) is 0 Å². The van der Waals surface area contributed by atoms with Crippen LogP contribution in [0.2, 0.25) is 6.32 Å². The zero-order valence-corrected chi connectivity index (χ0v) is 7.89. The minimum atomic E-state index is -0.833. The fourth-order valence-corrected chi connectivity index (χ4v) is 0.136. The molecule has 0 aliphatic rings. The van der Waals surface area contributed by atoms with E-state index < -0.39 is 5.97 Å². The summed E-state index contributed by atoms with van der Waals surface area (Å²) < 4.78 is 0. The Balaban J connectivity index is -0.0000000910. The Kier molecular flexibility index (Phi) is 27.0. The molecule has 0 amide bonds. The number of hydrogen-bond acceptors (Lipinski definition) is 1. The smallest absolute Gasteiger partial charge is 0.300 e. The molecule has 0 aliphatic carbocycles. The van der Waals surface area contributed by atoms with E-state index in [0.717, 1.165) is 13.2 Å². The molecule has 6 heteroatoms. The molecule has 0 saturated carbocycles. The van der Waals surface area contributed by atoms with Crippen molar-refractivity contribution in [3.05, 3.63) is 0 Å². The molecule has 0 aromatic rings. The largest absolute Gasteiger partial charge is 0.481 e. The Morgan fingerprint density at radius 1 is 1.70 bits per heavy atom. The number of carboxylic acids is 1. The van der Waals surface area contributed by atoms with E-state index in [-0.39, 0.29) is 19.5 Å². The molecular formula is C4H9B3O2Ru. The molecule has 0 unspecified atom stereocenters. The number of carboxylic acid groups (broad SMARTS) is 1. The van der Waals surface area contributed by atoms with E-state index in [9.17, 15) is 0 Å². The van der Waals surface area contributed by atoms with Crippen molar-refractivity contribution in [3.63, 3.8) is 0 Å². The third-order valence-electron chi connectivity index (χ3n) is 0.372. The van der Waals surface area contributed by atoms with Crippen LogP contribution in [0.1, 0.15) is 13.8 Å². The van der Waals surface area contributed by atoms with Gasteiger partial charge in [0.25, 0.3) is 5.97 Å². The van der Waals surface area contributed by atoms with Gasteiger partial charge in [0.15, 0.2) is 0 Å². The summed E-state index contributed by atoms with van der Waals surface area (Å²) in [4.78, 5) is 9.00. The summed E-state index contributed by atoms with van der Waals surface area (Å²) in [5.74, 6) is -0.833. The van der Waals surface area contributed by atoms with Crippen molar-refractivity contribution in [1.82, 2.24) is 0 Å². The van der Waals surface area contributed by atoms with E-state index >= 15 is 0 Å². The SMILES string of the molecule is CC(=O)O.[B][B][B]CC.[Ru]. The van der Waals surface area contributed by atoms with E-state index in [0.29, 0.717) is 0 Å². The summed E-state index contributed by atoms with van der Waals surface area (Å²) in [5.41, 5.74) is 0. The zero-order valence-electron chi connectivity index (χ0n) is 6.15. The number of hydrogen-bond donors (Lipinski definition) is 1. The molecule has 0 spiro atoms. The molecule has 0 aromatic heterocycles. The maximum Gasteiger partial charge on any atom is 0.300 e. The summed E-state index contributed by atoms with van der Waals surface area (Å²) >= 11 is 0. The fraction of sp³-hybridized carbons (Fsp3) is 0.750. The molecule has 0 fully saturated rings. The van der Waals surface area contributed by atoms with Crippen molar-refractivity contribution < 1.29 is 29.4 Å². The van der Waals surface area contributed by atoms with E-state index in [4.69, 9.17) is 17.6 Å². The van der Waals surface area contributed by atoms with Gasteiger partial charge in [-0.05, 0) is 0 Å². The molecule has 0 aliphatic heterocycles. The summed E-state index contributed by atoms with van der Waals surface area (Å²) in [6.45, 7) is 3.13. The van der Waals surface area contributed by atoms with Gasteiger partial charge < -0.3 is 5.11 Å². The maximum absolute atomic E-state index is 9.00.